The molecular formula is C53H69N7O10. The first kappa shape index (κ1) is 51.7. The quantitative estimate of drug-likeness (QED) is 0.0507. The molecule has 3 amide bonds. The molecule has 70 heavy (non-hydrogen) atoms. The van der Waals surface area contributed by atoms with E-state index in [-0.39, 0.29) is 51.2 Å². The molecular weight excluding hydrogens is 895 g/mol. The van der Waals surface area contributed by atoms with Gasteiger partial charge in [-0.15, -0.1) is 0 Å². The lowest BCUT2D eigenvalue weighted by Gasteiger charge is -2.31. The molecule has 1 saturated heterocycles. The predicted molar refractivity (Wildman–Crippen MR) is 266 cm³/mol. The lowest BCUT2D eigenvalue weighted by Crippen LogP contribution is -2.47. The van der Waals surface area contributed by atoms with Crippen LogP contribution in [0.5, 0.6) is 0 Å². The molecule has 2 atom stereocenters. The Hall–Kier alpha value is -6.17. The van der Waals surface area contributed by atoms with Crippen molar-refractivity contribution in [1.82, 2.24) is 35.1 Å². The maximum absolute atomic E-state index is 15.2. The number of nitrogens with one attached hydrogen (secondary N) is 3. The number of carbonyl (C=O) groups is 5. The van der Waals surface area contributed by atoms with E-state index in [2.05, 4.69) is 27.1 Å². The number of aromatic amines is 2. The lowest BCUT2D eigenvalue weighted by molar-refractivity contribution is -0.148. The number of allylic oxidation sites excluding steroid dienone is 5. The van der Waals surface area contributed by atoms with Gasteiger partial charge < -0.3 is 39.0 Å². The Kier molecular flexibility index (Phi) is 15.8. The van der Waals surface area contributed by atoms with Crippen LogP contribution in [-0.2, 0) is 33.3 Å². The number of aromatic nitrogens is 4. The second-order valence-corrected chi connectivity index (χ2v) is 20.3. The Morgan fingerprint density at radius 1 is 0.843 bits per heavy atom. The summed E-state index contributed by atoms with van der Waals surface area (Å²) < 4.78 is 27.6. The first-order valence-corrected chi connectivity index (χ1v) is 24.4. The summed E-state index contributed by atoms with van der Waals surface area (Å²) in [4.78, 5) is 89.3. The average molecular weight is 964 g/mol. The third-order valence-corrected chi connectivity index (χ3v) is 13.0. The number of alkyl carbamates (subject to hydrolysis) is 1. The van der Waals surface area contributed by atoms with Crippen LogP contribution >= 0.6 is 0 Å². The third kappa shape index (κ3) is 11.9. The summed E-state index contributed by atoms with van der Waals surface area (Å²) in [5, 5.41) is 2.63. The van der Waals surface area contributed by atoms with Gasteiger partial charge in [0.1, 0.15) is 17.8 Å². The topological polar surface area (TPSA) is 207 Å². The van der Waals surface area contributed by atoms with E-state index in [1.54, 1.807) is 26.8 Å². The van der Waals surface area contributed by atoms with E-state index in [4.69, 9.17) is 33.7 Å². The van der Waals surface area contributed by atoms with Gasteiger partial charge in [0.25, 0.3) is 11.8 Å². The number of nitrogens with zero attached hydrogens (tertiary/aromatic N) is 4. The molecule has 8 bridgehead atoms. The normalized spacial score (nSPS) is 18.2. The summed E-state index contributed by atoms with van der Waals surface area (Å²) in [6.45, 7) is 24.6. The van der Waals surface area contributed by atoms with Crippen LogP contribution in [0.4, 0.5) is 4.79 Å². The molecule has 7 rings (SSSR count). The van der Waals surface area contributed by atoms with E-state index in [0.717, 1.165) is 39.4 Å². The van der Waals surface area contributed by atoms with Crippen molar-refractivity contribution in [3.05, 3.63) is 81.2 Å². The molecule has 0 spiro atoms. The molecule has 0 radical (unpaired) electrons. The summed E-state index contributed by atoms with van der Waals surface area (Å²) in [6, 6.07) is 5.85. The van der Waals surface area contributed by atoms with Crippen molar-refractivity contribution >= 4 is 63.2 Å². The van der Waals surface area contributed by atoms with Gasteiger partial charge in [-0.25, -0.2) is 19.6 Å². The standard InChI is InChI=1S/C53H69N7O10/c1-12-34-30(2)38-28-42-35(13-16-44(62)69-52(6,7)8)31(3)37(56-42)27-39-32(4)36(14-15-43(61)68-26-25-66-22-17-54-51(65)70-53(9,10)11)47(57-39)46-48-45(33(5)40(58-48)29-41(34)55-38)49(63)60(50(46)64)19-18-59-20-23-67-24-21-59/h13,16,27-29,32,36,57-58H,12,14-15,17-26H2,1-11H3,(H,54,65)/b16-13+,39-27?,41-29?,42-28?,47-46?/t32-,36-/m0/s1. The molecule has 7 heterocycles. The van der Waals surface area contributed by atoms with Gasteiger partial charge in [0, 0.05) is 79.5 Å². The summed E-state index contributed by atoms with van der Waals surface area (Å²) in [6.07, 6.45) is 3.63. The highest BCUT2D eigenvalue weighted by Crippen LogP contribution is 2.45. The zero-order chi connectivity index (χ0) is 50.7. The van der Waals surface area contributed by atoms with Crippen molar-refractivity contribution in [3.8, 4) is 0 Å². The van der Waals surface area contributed by atoms with Gasteiger partial charge >= 0.3 is 18.0 Å². The van der Waals surface area contributed by atoms with Gasteiger partial charge in [0.15, 0.2) is 0 Å². The Balaban J connectivity index is 1.30. The number of amides is 3. The molecule has 5 aliphatic rings. The number of aryl methyl sites for hydroxylation is 1. The van der Waals surface area contributed by atoms with E-state index < -0.39 is 41.1 Å². The monoisotopic (exact) mass is 964 g/mol. The largest absolute Gasteiger partial charge is 0.463 e. The second kappa shape index (κ2) is 21.4. The molecule has 0 aliphatic carbocycles. The van der Waals surface area contributed by atoms with Crippen LogP contribution in [0, 0.1) is 6.92 Å². The fourth-order valence-corrected chi connectivity index (χ4v) is 9.34. The summed E-state index contributed by atoms with van der Waals surface area (Å²) in [5.41, 5.74) is 8.81. The number of imide groups is 1. The molecule has 376 valence electrons. The molecule has 0 saturated carbocycles. The number of ether oxygens (including phenoxy) is 5. The van der Waals surface area contributed by atoms with Crippen LogP contribution in [0.3, 0.4) is 0 Å². The average Bonchev–Trinajstić information content (AvgIpc) is 3.96. The van der Waals surface area contributed by atoms with E-state index >= 15 is 4.79 Å². The van der Waals surface area contributed by atoms with E-state index in [9.17, 15) is 19.2 Å². The number of rotatable bonds is 15. The third-order valence-electron chi connectivity index (χ3n) is 13.0. The molecule has 0 unspecified atom stereocenters. The number of morpholine rings is 1. The number of carbonyl (C=O) groups excluding carboxylic acids is 5. The second-order valence-electron chi connectivity index (χ2n) is 20.3. The van der Waals surface area contributed by atoms with Gasteiger partial charge in [-0.1, -0.05) is 13.8 Å². The van der Waals surface area contributed by atoms with Crippen LogP contribution in [0.2, 0.25) is 0 Å². The number of hydrogen-bond donors (Lipinski definition) is 3. The lowest BCUT2D eigenvalue weighted by atomic mass is 9.84. The van der Waals surface area contributed by atoms with Crippen LogP contribution in [-0.4, -0.2) is 137 Å². The predicted octanol–water partition coefficient (Wildman–Crippen LogP) is 8.20. The van der Waals surface area contributed by atoms with Crippen LogP contribution in [0.15, 0.2) is 30.4 Å². The first-order chi connectivity index (χ1) is 33.1. The fourth-order valence-electron chi connectivity index (χ4n) is 9.34. The van der Waals surface area contributed by atoms with E-state index in [0.29, 0.717) is 90.5 Å². The highest BCUT2D eigenvalue weighted by Gasteiger charge is 2.41. The maximum atomic E-state index is 15.2. The Morgan fingerprint density at radius 2 is 1.53 bits per heavy atom. The van der Waals surface area contributed by atoms with Crippen LogP contribution in [0.25, 0.3) is 33.3 Å². The Labute approximate surface area is 410 Å². The first-order valence-electron chi connectivity index (χ1n) is 24.4. The summed E-state index contributed by atoms with van der Waals surface area (Å²) in [5.74, 6) is -2.39. The molecule has 17 nitrogen and oxygen atoms in total. The number of esters is 2. The molecule has 2 aromatic rings. The van der Waals surface area contributed by atoms with Gasteiger partial charge in [0.05, 0.1) is 65.8 Å². The number of H-pyrrole nitrogens is 2. The number of fused-ring (bicyclic) bond motifs is 8. The van der Waals surface area contributed by atoms with Gasteiger partial charge in [-0.3, -0.25) is 24.2 Å². The summed E-state index contributed by atoms with van der Waals surface area (Å²) in [7, 11) is 0. The fraction of sp³-hybridized carbons (Fsp3) is 0.528. The molecule has 1 fully saturated rings. The van der Waals surface area contributed by atoms with E-state index in [1.807, 2.05) is 66.7 Å². The molecule has 5 aliphatic heterocycles. The van der Waals surface area contributed by atoms with Gasteiger partial charge in [-0.05, 0) is 122 Å². The van der Waals surface area contributed by atoms with Crippen molar-refractivity contribution in [3.63, 3.8) is 0 Å². The Morgan fingerprint density at radius 3 is 2.23 bits per heavy atom. The van der Waals surface area contributed by atoms with Gasteiger partial charge in [-0.2, -0.15) is 0 Å². The minimum Gasteiger partial charge on any atom is -0.463 e. The van der Waals surface area contributed by atoms with Crippen LogP contribution < -0.4 is 5.32 Å². The molecule has 17 heteroatoms. The summed E-state index contributed by atoms with van der Waals surface area (Å²) >= 11 is 0. The van der Waals surface area contributed by atoms with Crippen molar-refractivity contribution in [2.24, 2.45) is 0 Å². The molecule has 0 aromatic carbocycles. The zero-order valence-electron chi connectivity index (χ0n) is 42.6. The molecule has 3 N–H and O–H groups in total. The maximum Gasteiger partial charge on any atom is 0.407 e. The minimum atomic E-state index is -0.679. The highest BCUT2D eigenvalue weighted by atomic mass is 16.6. The van der Waals surface area contributed by atoms with Crippen molar-refractivity contribution in [2.75, 3.05) is 65.8 Å². The van der Waals surface area contributed by atoms with Crippen molar-refractivity contribution in [1.29, 1.82) is 0 Å². The van der Waals surface area contributed by atoms with Crippen molar-refractivity contribution in [2.45, 2.75) is 118 Å². The zero-order valence-corrected chi connectivity index (χ0v) is 42.6. The molecule has 2 aromatic heterocycles. The Bertz CT molecular complexity index is 2710. The van der Waals surface area contributed by atoms with Crippen LogP contribution in [0.1, 0.15) is 161 Å². The highest BCUT2D eigenvalue weighted by molar-refractivity contribution is 6.23. The van der Waals surface area contributed by atoms with Gasteiger partial charge in [0.2, 0.25) is 0 Å². The number of hydrogen-bond acceptors (Lipinski definition) is 13. The van der Waals surface area contributed by atoms with Crippen molar-refractivity contribution < 1.29 is 47.7 Å². The van der Waals surface area contributed by atoms with E-state index in [1.165, 1.54) is 11.0 Å². The SMILES string of the molecule is CCC1=C(C)c2cc3nc(cc4[nH]c(c5c6[nH]c(cc1n2)c(C)c6C(=O)N(CCN1CCOCC1)C5=O)[C@@H](CCC(=O)OCCOCCNC(=O)OC(C)(C)C)[C@@H]4C)C(C)=C3/C=C/C(=O)OC(C)(C)C. The minimum absolute atomic E-state index is 0.0107. The smallest absolute Gasteiger partial charge is 0.407 e.